The van der Waals surface area contributed by atoms with Crippen molar-refractivity contribution in [2.45, 2.75) is 52.1 Å². The first-order chi connectivity index (χ1) is 17.8. The molecule has 0 aromatic heterocycles. The third kappa shape index (κ3) is 8.92. The van der Waals surface area contributed by atoms with Crippen LogP contribution in [0.15, 0.2) is 103 Å². The minimum Gasteiger partial charge on any atom is -0.445 e. The lowest BCUT2D eigenvalue weighted by Gasteiger charge is -2.29. The van der Waals surface area contributed by atoms with Crippen LogP contribution in [0.3, 0.4) is 0 Å². The number of amides is 2. The van der Waals surface area contributed by atoms with Gasteiger partial charge in [0.1, 0.15) is 6.61 Å². The van der Waals surface area contributed by atoms with Gasteiger partial charge in [0, 0.05) is 25.1 Å². The van der Waals surface area contributed by atoms with E-state index >= 15 is 0 Å². The quantitative estimate of drug-likeness (QED) is 0.323. The summed E-state index contributed by atoms with van der Waals surface area (Å²) >= 11 is 0. The summed E-state index contributed by atoms with van der Waals surface area (Å²) in [5, 5.41) is 13.8. The van der Waals surface area contributed by atoms with E-state index in [2.05, 4.69) is 11.9 Å². The van der Waals surface area contributed by atoms with Gasteiger partial charge in [0.15, 0.2) is 0 Å². The molecule has 0 aliphatic heterocycles. The van der Waals surface area contributed by atoms with Crippen LogP contribution in [0.5, 0.6) is 0 Å². The van der Waals surface area contributed by atoms with E-state index in [4.69, 9.17) is 4.74 Å². The van der Waals surface area contributed by atoms with Crippen molar-refractivity contribution in [3.63, 3.8) is 0 Å². The number of aliphatic hydroxyl groups excluding tert-OH is 1. The van der Waals surface area contributed by atoms with Gasteiger partial charge in [0.25, 0.3) is 0 Å². The molecule has 0 saturated heterocycles. The molecule has 3 aromatic carbocycles. The van der Waals surface area contributed by atoms with E-state index < -0.39 is 18.2 Å². The van der Waals surface area contributed by atoms with Crippen LogP contribution in [-0.4, -0.2) is 34.2 Å². The molecule has 0 spiro atoms. The van der Waals surface area contributed by atoms with Crippen molar-refractivity contribution in [2.75, 3.05) is 0 Å². The largest absolute Gasteiger partial charge is 0.445 e. The van der Waals surface area contributed by atoms with Gasteiger partial charge in [-0.15, -0.1) is 0 Å². The molecule has 0 bridgehead atoms. The number of carbonyl (C=O) groups is 2. The van der Waals surface area contributed by atoms with E-state index in [0.29, 0.717) is 13.1 Å². The van der Waals surface area contributed by atoms with Crippen LogP contribution in [0.25, 0.3) is 0 Å². The number of ether oxygens (including phenoxy) is 1. The summed E-state index contributed by atoms with van der Waals surface area (Å²) < 4.78 is 5.32. The van der Waals surface area contributed by atoms with Crippen LogP contribution < -0.4 is 5.32 Å². The van der Waals surface area contributed by atoms with E-state index in [0.717, 1.165) is 16.7 Å². The third-order valence-electron chi connectivity index (χ3n) is 6.11. The number of hydrogen-bond donors (Lipinski definition) is 2. The van der Waals surface area contributed by atoms with Gasteiger partial charge >= 0.3 is 6.09 Å². The molecule has 0 saturated carbocycles. The molecule has 194 valence electrons. The number of hydrogen-bond acceptors (Lipinski definition) is 4. The zero-order valence-electron chi connectivity index (χ0n) is 21.5. The molecule has 0 unspecified atom stereocenters. The van der Waals surface area contributed by atoms with Gasteiger partial charge in [-0.3, -0.25) is 4.79 Å². The Hall–Kier alpha value is -3.90. The second-order valence-corrected chi connectivity index (χ2v) is 9.48. The lowest BCUT2D eigenvalue weighted by Crippen LogP contribution is -2.47. The van der Waals surface area contributed by atoms with Gasteiger partial charge in [-0.2, -0.15) is 0 Å². The number of benzene rings is 3. The highest BCUT2D eigenvalue weighted by atomic mass is 16.5. The van der Waals surface area contributed by atoms with Gasteiger partial charge in [0.2, 0.25) is 5.91 Å². The Morgan fingerprint density at radius 3 is 1.76 bits per heavy atom. The summed E-state index contributed by atoms with van der Waals surface area (Å²) in [6, 6.07) is 28.3. The van der Waals surface area contributed by atoms with Crippen LogP contribution >= 0.6 is 0 Å². The molecule has 3 aromatic rings. The molecule has 3 rings (SSSR count). The summed E-state index contributed by atoms with van der Waals surface area (Å²) in [4.78, 5) is 27.6. The molecule has 2 amide bonds. The van der Waals surface area contributed by atoms with Crippen molar-refractivity contribution in [3.05, 3.63) is 120 Å². The predicted molar refractivity (Wildman–Crippen MR) is 145 cm³/mol. The Bertz CT molecular complexity index is 1090. The maximum atomic E-state index is 13.5. The first-order valence-corrected chi connectivity index (χ1v) is 12.5. The fourth-order valence-corrected chi connectivity index (χ4v) is 4.11. The molecule has 0 radical (unpaired) electrons. The Morgan fingerprint density at radius 2 is 1.30 bits per heavy atom. The fraction of sp³-hybridized carbons (Fsp3) is 0.290. The number of nitrogens with zero attached hydrogens (tertiary/aromatic N) is 1. The van der Waals surface area contributed by atoms with Crippen molar-refractivity contribution < 1.29 is 19.4 Å². The van der Waals surface area contributed by atoms with E-state index in [1.54, 1.807) is 4.90 Å². The molecular formula is C31H36N2O4. The number of nitrogens with one attached hydrogen (secondary N) is 1. The number of alkyl carbamates (subject to hydrolysis) is 1. The highest BCUT2D eigenvalue weighted by Crippen LogP contribution is 2.19. The molecule has 2 atom stereocenters. The molecule has 6 heteroatoms. The fourth-order valence-electron chi connectivity index (χ4n) is 4.11. The zero-order valence-corrected chi connectivity index (χ0v) is 21.5. The molecule has 0 aliphatic carbocycles. The minimum absolute atomic E-state index is 0.0285. The van der Waals surface area contributed by atoms with Gasteiger partial charge < -0.3 is 20.1 Å². The first kappa shape index (κ1) is 27.7. The monoisotopic (exact) mass is 500 g/mol. The van der Waals surface area contributed by atoms with E-state index in [9.17, 15) is 14.7 Å². The molecule has 0 aliphatic rings. The maximum Gasteiger partial charge on any atom is 0.407 e. The zero-order chi connectivity index (χ0) is 26.6. The topological polar surface area (TPSA) is 78.9 Å². The van der Waals surface area contributed by atoms with Gasteiger partial charge in [-0.25, -0.2) is 4.79 Å². The third-order valence-corrected chi connectivity index (χ3v) is 6.11. The highest BCUT2D eigenvalue weighted by Gasteiger charge is 2.28. The number of rotatable bonds is 12. The Morgan fingerprint density at radius 1 is 0.838 bits per heavy atom. The van der Waals surface area contributed by atoms with Gasteiger partial charge in [-0.1, -0.05) is 111 Å². The summed E-state index contributed by atoms with van der Waals surface area (Å²) in [5.41, 5.74) is 3.16. The highest BCUT2D eigenvalue weighted by molar-refractivity contribution is 5.92. The van der Waals surface area contributed by atoms with Crippen molar-refractivity contribution >= 4 is 12.0 Å². The minimum atomic E-state index is -1.00. The van der Waals surface area contributed by atoms with Crippen molar-refractivity contribution in [1.82, 2.24) is 10.2 Å². The Kier molecular flexibility index (Phi) is 10.5. The predicted octanol–water partition coefficient (Wildman–Crippen LogP) is 5.47. The van der Waals surface area contributed by atoms with Crippen molar-refractivity contribution in [2.24, 2.45) is 5.92 Å². The van der Waals surface area contributed by atoms with Gasteiger partial charge in [0.05, 0.1) is 12.1 Å². The van der Waals surface area contributed by atoms with Crippen LogP contribution in [0.4, 0.5) is 4.79 Å². The van der Waals surface area contributed by atoms with E-state index in [1.165, 1.54) is 0 Å². The van der Waals surface area contributed by atoms with Crippen LogP contribution in [-0.2, 0) is 29.2 Å². The standard InChI is InChI=1S/C31H36N2O4/c1-23(2)29(32-31(36)37-22-27-17-11-6-12-18-27)28(34)19-24(3)30(35)33(20-25-13-7-4-8-14-25)21-26-15-9-5-10-16-26/h4-18,23,28-29,34H,3,19-22H2,1-2H3,(H,32,36)/t28-,29-/m0/s1. The number of carbonyl (C=O) groups excluding carboxylic acids is 2. The molecule has 2 N–H and O–H groups in total. The summed E-state index contributed by atoms with van der Waals surface area (Å²) in [5.74, 6) is -0.326. The van der Waals surface area contributed by atoms with Crippen LogP contribution in [0.1, 0.15) is 37.0 Å². The van der Waals surface area contributed by atoms with Crippen LogP contribution in [0, 0.1) is 5.92 Å². The molecule has 0 fully saturated rings. The average molecular weight is 501 g/mol. The summed E-state index contributed by atoms with van der Waals surface area (Å²) in [6.45, 7) is 8.76. The molecule has 0 heterocycles. The van der Waals surface area contributed by atoms with Crippen LogP contribution in [0.2, 0.25) is 0 Å². The lowest BCUT2D eigenvalue weighted by atomic mass is 9.93. The lowest BCUT2D eigenvalue weighted by molar-refractivity contribution is -0.128. The second-order valence-electron chi connectivity index (χ2n) is 9.48. The maximum absolute atomic E-state index is 13.5. The number of aliphatic hydroxyl groups is 1. The van der Waals surface area contributed by atoms with Gasteiger partial charge in [-0.05, 0) is 22.6 Å². The summed E-state index contributed by atoms with van der Waals surface area (Å²) in [6.07, 6.45) is -1.59. The second kappa shape index (κ2) is 14.0. The molecular weight excluding hydrogens is 464 g/mol. The normalized spacial score (nSPS) is 12.4. The molecule has 6 nitrogen and oxygen atoms in total. The molecule has 37 heavy (non-hydrogen) atoms. The van der Waals surface area contributed by atoms with Crippen molar-refractivity contribution in [1.29, 1.82) is 0 Å². The van der Waals surface area contributed by atoms with Crippen molar-refractivity contribution in [3.8, 4) is 0 Å². The van der Waals surface area contributed by atoms with E-state index in [1.807, 2.05) is 105 Å². The average Bonchev–Trinajstić information content (AvgIpc) is 2.91. The summed E-state index contributed by atoms with van der Waals surface area (Å²) in [7, 11) is 0. The Labute approximate surface area is 219 Å². The SMILES string of the molecule is C=C(C[C@H](O)[C@@H](NC(=O)OCc1ccccc1)C(C)C)C(=O)N(Cc1ccccc1)Cc1ccccc1. The Balaban J connectivity index is 1.63. The smallest absolute Gasteiger partial charge is 0.407 e. The first-order valence-electron chi connectivity index (χ1n) is 12.5. The van der Waals surface area contributed by atoms with E-state index in [-0.39, 0.29) is 30.4 Å².